The topological polar surface area (TPSA) is 11.4 Å². The van der Waals surface area contributed by atoms with Crippen LogP contribution in [0.4, 0.5) is 28.4 Å². The maximum Gasteiger partial charge on any atom is 0.345 e. The summed E-state index contributed by atoms with van der Waals surface area (Å²) in [5, 5.41) is 2.85. The van der Waals surface area contributed by atoms with Crippen LogP contribution in [0, 0.1) is 41.4 Å². The van der Waals surface area contributed by atoms with Crippen molar-refractivity contribution in [3.05, 3.63) is 286 Å². The maximum absolute atomic E-state index is 2.97. The highest BCUT2D eigenvalue weighted by atomic mass is 32.2. The molecule has 8 aliphatic carbocycles. The molecule has 21 rings (SSSR count). The predicted octanol–water partition coefficient (Wildman–Crippen LogP) is 21.8. The minimum atomic E-state index is -0.859. The summed E-state index contributed by atoms with van der Waals surface area (Å²) < 4.78 is 2.94. The molecular formula is C94H85BN3SSi+. The minimum Gasteiger partial charge on any atom is -0.334 e. The van der Waals surface area contributed by atoms with Crippen LogP contribution in [0.25, 0.3) is 61.5 Å². The van der Waals surface area contributed by atoms with Crippen molar-refractivity contribution >= 4 is 88.8 Å². The van der Waals surface area contributed by atoms with E-state index in [1.807, 2.05) is 11.8 Å². The third-order valence-electron chi connectivity index (χ3n) is 27.0. The molecule has 3 nitrogen and oxygen atoms in total. The molecule has 100 heavy (non-hydrogen) atoms. The Balaban J connectivity index is 0.967. The van der Waals surface area contributed by atoms with Gasteiger partial charge in [-0.2, -0.15) is 0 Å². The molecule has 0 amide bonds. The van der Waals surface area contributed by atoms with Crippen LogP contribution in [0.2, 0.25) is 18.9 Å². The zero-order valence-corrected chi connectivity index (χ0v) is 61.2. The van der Waals surface area contributed by atoms with E-state index in [4.69, 9.17) is 0 Å². The number of aromatic nitrogens is 1. The molecule has 0 saturated heterocycles. The van der Waals surface area contributed by atoms with Crippen LogP contribution in [0.5, 0.6) is 0 Å². The molecule has 2 spiro atoms. The summed E-state index contributed by atoms with van der Waals surface area (Å²) in [7, 11) is -0.679. The summed E-state index contributed by atoms with van der Waals surface area (Å²) in [6.45, 7) is 21.7. The van der Waals surface area contributed by atoms with Gasteiger partial charge in [0.1, 0.15) is 5.54 Å². The van der Waals surface area contributed by atoms with Crippen LogP contribution in [-0.2, 0) is 22.8 Å². The van der Waals surface area contributed by atoms with Gasteiger partial charge in [-0.05, 0) is 201 Å². The zero-order valence-electron chi connectivity index (χ0n) is 59.3. The van der Waals surface area contributed by atoms with E-state index in [0.717, 1.165) is 25.2 Å². The van der Waals surface area contributed by atoms with E-state index in [9.17, 15) is 0 Å². The fourth-order valence-electron chi connectivity index (χ4n) is 22.4. The largest absolute Gasteiger partial charge is 0.345 e. The van der Waals surface area contributed by atoms with E-state index in [-0.39, 0.29) is 34.8 Å². The normalized spacial score (nSPS) is 25.8. The van der Waals surface area contributed by atoms with Gasteiger partial charge in [-0.1, -0.05) is 235 Å². The van der Waals surface area contributed by atoms with Gasteiger partial charge in [0.05, 0.1) is 46.9 Å². The molecule has 6 heteroatoms. The molecule has 10 aromatic rings. The summed E-state index contributed by atoms with van der Waals surface area (Å²) in [5.41, 5.74) is 35.0. The third kappa shape index (κ3) is 7.50. The van der Waals surface area contributed by atoms with Gasteiger partial charge < -0.3 is 14.4 Å². The number of benzene rings is 9. The molecule has 3 fully saturated rings. The number of hydrogen-bond acceptors (Lipinski definition) is 3. The van der Waals surface area contributed by atoms with E-state index in [1.54, 1.807) is 16.7 Å². The highest BCUT2D eigenvalue weighted by Crippen LogP contribution is 2.93. The van der Waals surface area contributed by atoms with Crippen molar-refractivity contribution < 1.29 is 0 Å². The molecule has 1 aromatic heterocycles. The molecule has 0 N–H and O–H groups in total. The molecule has 3 aliphatic heterocycles. The summed E-state index contributed by atoms with van der Waals surface area (Å²) in [4.78, 5) is 7.20. The second kappa shape index (κ2) is 20.7. The van der Waals surface area contributed by atoms with E-state index in [2.05, 4.69) is 319 Å². The molecule has 4 heterocycles. The van der Waals surface area contributed by atoms with E-state index >= 15 is 0 Å². The van der Waals surface area contributed by atoms with Crippen molar-refractivity contribution in [1.82, 2.24) is 4.57 Å². The van der Waals surface area contributed by atoms with Crippen LogP contribution in [0.3, 0.4) is 0 Å². The molecule has 9 aromatic carbocycles. The van der Waals surface area contributed by atoms with Crippen molar-refractivity contribution in [2.24, 2.45) is 34.5 Å². The molecule has 9 unspecified atom stereocenters. The molecule has 11 aliphatic rings. The van der Waals surface area contributed by atoms with E-state index in [1.165, 1.54) is 157 Å². The number of rotatable bonds is 8. The Kier molecular flexibility index (Phi) is 12.4. The monoisotopic (exact) mass is 1330 g/mol. The number of fused-ring (bicyclic) bond motifs is 15. The number of nitrogens with zero attached hydrogens (tertiary/aromatic N) is 3. The predicted molar refractivity (Wildman–Crippen MR) is 426 cm³/mol. The smallest absolute Gasteiger partial charge is 0.334 e. The summed E-state index contributed by atoms with van der Waals surface area (Å²) in [6.07, 6.45) is 33.1. The molecule has 3 saturated carbocycles. The summed E-state index contributed by atoms with van der Waals surface area (Å²) >= 11 is 1.88. The number of anilines is 5. The highest BCUT2D eigenvalue weighted by Gasteiger charge is 2.88. The number of hydrogen-bond donors (Lipinski definition) is 0. The van der Waals surface area contributed by atoms with Crippen molar-refractivity contribution in [1.29, 1.82) is 0 Å². The lowest BCUT2D eigenvalue weighted by Gasteiger charge is -2.88. The Labute approximate surface area is 597 Å². The average molecular weight is 1330 g/mol. The number of para-hydroxylation sites is 2. The second-order valence-electron chi connectivity index (χ2n) is 33.7. The third-order valence-corrected chi connectivity index (χ3v) is 29.2. The first kappa shape index (κ1) is 60.0. The molecule has 488 valence electrons. The molecule has 0 radical (unpaired) electrons. The fraction of sp³-hybridized carbons (Fsp3) is 0.277. The Morgan fingerprint density at radius 1 is 0.630 bits per heavy atom. The quantitative estimate of drug-likeness (QED) is 0.0854. The SMILES string of the molecule is CSc1ccc2c(c1)B1c3c(cc4c5c3N2c2c(-c3ccc(C)cc3)cccc2C(C2=CC=CCC2)(n2c3c(c6cc(C(C)(C)C)ccc62)CC(C(C)(C)C)C=C3)c2ccc(c-5c2)C42C3C=C4CC5CC2C453)N(c2c(-c3ccccc3)cccc2-c2ccc([Si+](C)C)cc2)C2C=CC=CC12. The number of allylic oxidation sites excluding steroid dienone is 9. The average Bonchev–Trinajstić information content (AvgIpc) is 1.09. The van der Waals surface area contributed by atoms with Crippen LogP contribution in [0.15, 0.2) is 247 Å². The standard InChI is InChI=1S/C94H85BN3SSi/c1-55-31-33-57(34-32-55)69-27-20-28-74-88(69)97-81-46-40-65(99-8)53-77(81)95-76-29-17-18-30-80(76)96(87-67(56-21-13-11-14-22-56)25-19-26-68(87)58-35-41-66(42-36-58)100(9)10)82-54-75-85(89(97)86(82)95)72-50-62(37-43-73(72)93(75)83-51-63-47-64-52-84(93)92(63,64)83)94(74,59-23-15-12-16-24-59)98-78-44-38-60(90(2,3)4)48-70(78)71-49-61(91(5,6)7)39-45-79(71)98/h11-15,17-23,25-46,48,50-51,53-54,61,64,76,80,83-84H,16,24,47,49,52H2,1-10H3/q+1. The Morgan fingerprint density at radius 3 is 2.09 bits per heavy atom. The van der Waals surface area contributed by atoms with Crippen molar-refractivity contribution in [2.75, 3.05) is 16.1 Å². The first-order chi connectivity index (χ1) is 48.5. The van der Waals surface area contributed by atoms with Gasteiger partial charge in [0.15, 0.2) is 0 Å². The van der Waals surface area contributed by atoms with Crippen LogP contribution in [0.1, 0.15) is 112 Å². The number of aryl methyl sites for hydroxylation is 1. The van der Waals surface area contributed by atoms with Gasteiger partial charge in [0.25, 0.3) is 0 Å². The van der Waals surface area contributed by atoms with Crippen molar-refractivity contribution in [2.45, 2.75) is 127 Å². The van der Waals surface area contributed by atoms with Crippen LogP contribution in [-0.4, -0.2) is 32.4 Å². The fourth-order valence-corrected chi connectivity index (χ4v) is 23.7. The van der Waals surface area contributed by atoms with Crippen LogP contribution < -0.4 is 25.9 Å². The van der Waals surface area contributed by atoms with Gasteiger partial charge in [-0.3, -0.25) is 0 Å². The first-order valence-corrected chi connectivity index (χ1v) is 41.0. The van der Waals surface area contributed by atoms with Crippen molar-refractivity contribution in [3.63, 3.8) is 0 Å². The van der Waals surface area contributed by atoms with Gasteiger partial charge in [-0.15, -0.1) is 11.8 Å². The van der Waals surface area contributed by atoms with Gasteiger partial charge >= 0.3 is 8.80 Å². The zero-order chi connectivity index (χ0) is 67.4. The first-order valence-electron chi connectivity index (χ1n) is 37.3. The maximum atomic E-state index is 2.97. The summed E-state index contributed by atoms with van der Waals surface area (Å²) in [6, 6.07) is 72.0. The van der Waals surface area contributed by atoms with Gasteiger partial charge in [0.2, 0.25) is 6.71 Å². The van der Waals surface area contributed by atoms with Crippen LogP contribution >= 0.6 is 11.8 Å². The Bertz CT molecular complexity index is 5470. The summed E-state index contributed by atoms with van der Waals surface area (Å²) in [5.74, 6) is 2.22. The lowest BCUT2D eigenvalue weighted by Crippen LogP contribution is -2.84. The molecule has 2 bridgehead atoms. The second-order valence-corrected chi connectivity index (χ2v) is 37.2. The highest BCUT2D eigenvalue weighted by molar-refractivity contribution is 7.98. The van der Waals surface area contributed by atoms with E-state index in [0.29, 0.717) is 23.2 Å². The Hall–Kier alpha value is -8.81. The van der Waals surface area contributed by atoms with Gasteiger partial charge in [-0.25, -0.2) is 0 Å². The van der Waals surface area contributed by atoms with Crippen molar-refractivity contribution in [3.8, 4) is 44.5 Å². The lowest BCUT2D eigenvalue weighted by atomic mass is 9.15. The van der Waals surface area contributed by atoms with E-state index < -0.39 is 14.3 Å². The number of thioether (sulfide) groups is 1. The minimum absolute atomic E-state index is 0.00772. The lowest BCUT2D eigenvalue weighted by molar-refractivity contribution is -0.272. The molecule has 9 atom stereocenters. The molecular weight excluding hydrogens is 1240 g/mol. The van der Waals surface area contributed by atoms with Gasteiger partial charge in [0, 0.05) is 71.9 Å². The Morgan fingerprint density at radius 2 is 1.38 bits per heavy atom.